The Morgan fingerprint density at radius 2 is 1.13 bits per heavy atom. The van der Waals surface area contributed by atoms with Gasteiger partial charge in [-0.3, -0.25) is 4.79 Å². The molecule has 0 radical (unpaired) electrons. The standard InChI is InChI=1S/C20H14FNO/c21-18-13-11-17(12-14-18)20(23)22-19(15-7-3-1-4-8-15)16-9-5-2-6-10-16/h1-14H. The largest absolute Gasteiger partial charge is 0.277 e. The van der Waals surface area contributed by atoms with E-state index in [9.17, 15) is 9.18 Å². The number of amides is 1. The summed E-state index contributed by atoms with van der Waals surface area (Å²) in [7, 11) is 0. The Hall–Kier alpha value is -3.07. The summed E-state index contributed by atoms with van der Waals surface area (Å²) in [5, 5.41) is 0. The normalized spacial score (nSPS) is 10.1. The molecule has 3 heteroatoms. The van der Waals surface area contributed by atoms with E-state index in [1.54, 1.807) is 0 Å². The van der Waals surface area contributed by atoms with Gasteiger partial charge in [0.2, 0.25) is 0 Å². The minimum absolute atomic E-state index is 0.357. The van der Waals surface area contributed by atoms with E-state index in [2.05, 4.69) is 4.99 Å². The summed E-state index contributed by atoms with van der Waals surface area (Å²) in [5.74, 6) is -0.774. The number of aliphatic imine (C=N–C) groups is 1. The fourth-order valence-corrected chi connectivity index (χ4v) is 2.25. The summed E-state index contributed by atoms with van der Waals surface area (Å²) in [6, 6.07) is 24.4. The van der Waals surface area contributed by atoms with Gasteiger partial charge in [0.1, 0.15) is 5.82 Å². The van der Waals surface area contributed by atoms with Gasteiger partial charge in [-0.05, 0) is 24.3 Å². The van der Waals surface area contributed by atoms with E-state index in [-0.39, 0.29) is 5.82 Å². The molecule has 3 rings (SSSR count). The summed E-state index contributed by atoms with van der Waals surface area (Å²) in [6.07, 6.45) is 0. The Morgan fingerprint density at radius 1 is 0.652 bits per heavy atom. The smallest absolute Gasteiger partial charge is 0.267 e. The van der Waals surface area contributed by atoms with E-state index >= 15 is 0 Å². The second-order valence-electron chi connectivity index (χ2n) is 5.00. The number of hydrogen-bond donors (Lipinski definition) is 0. The van der Waals surface area contributed by atoms with Crippen LogP contribution in [0.4, 0.5) is 4.39 Å². The first-order chi connectivity index (χ1) is 11.2. The van der Waals surface area contributed by atoms with Crippen molar-refractivity contribution in [3.8, 4) is 0 Å². The first-order valence-electron chi connectivity index (χ1n) is 7.23. The number of carbonyl (C=O) groups is 1. The fourth-order valence-electron chi connectivity index (χ4n) is 2.25. The lowest BCUT2D eigenvalue weighted by atomic mass is 10.0. The molecule has 0 unspecified atom stereocenters. The van der Waals surface area contributed by atoms with Crippen LogP contribution < -0.4 is 0 Å². The van der Waals surface area contributed by atoms with Crippen LogP contribution in [0.25, 0.3) is 0 Å². The molecule has 0 aliphatic heterocycles. The molecule has 0 spiro atoms. The highest BCUT2D eigenvalue weighted by Crippen LogP contribution is 2.13. The lowest BCUT2D eigenvalue weighted by Gasteiger charge is -2.07. The van der Waals surface area contributed by atoms with Crippen LogP contribution in [0.5, 0.6) is 0 Å². The lowest BCUT2D eigenvalue weighted by Crippen LogP contribution is -2.07. The molecule has 3 aromatic rings. The number of carbonyl (C=O) groups excluding carboxylic acids is 1. The Morgan fingerprint density at radius 3 is 1.61 bits per heavy atom. The van der Waals surface area contributed by atoms with Crippen LogP contribution >= 0.6 is 0 Å². The zero-order valence-electron chi connectivity index (χ0n) is 12.3. The third-order valence-corrected chi connectivity index (χ3v) is 3.40. The molecule has 0 bridgehead atoms. The first kappa shape index (κ1) is 14.9. The number of benzene rings is 3. The van der Waals surface area contributed by atoms with Crippen molar-refractivity contribution < 1.29 is 9.18 Å². The number of hydrogen-bond acceptors (Lipinski definition) is 1. The van der Waals surface area contributed by atoms with Gasteiger partial charge in [0.05, 0.1) is 5.71 Å². The van der Waals surface area contributed by atoms with E-state index in [4.69, 9.17) is 0 Å². The Balaban J connectivity index is 2.05. The number of rotatable bonds is 3. The summed E-state index contributed by atoms with van der Waals surface area (Å²) >= 11 is 0. The van der Waals surface area contributed by atoms with Crippen molar-refractivity contribution in [3.05, 3.63) is 107 Å². The van der Waals surface area contributed by atoms with Crippen molar-refractivity contribution >= 4 is 11.6 Å². The molecular formula is C20H14FNO. The van der Waals surface area contributed by atoms with Gasteiger partial charge in [0.25, 0.3) is 5.91 Å². The molecule has 0 aromatic heterocycles. The van der Waals surface area contributed by atoms with Gasteiger partial charge < -0.3 is 0 Å². The fraction of sp³-hybridized carbons (Fsp3) is 0. The maximum absolute atomic E-state index is 13.0. The molecule has 3 aromatic carbocycles. The van der Waals surface area contributed by atoms with Crippen molar-refractivity contribution in [2.45, 2.75) is 0 Å². The van der Waals surface area contributed by atoms with Crippen LogP contribution in [0.3, 0.4) is 0 Å². The van der Waals surface area contributed by atoms with E-state index in [1.165, 1.54) is 24.3 Å². The number of nitrogens with zero attached hydrogens (tertiary/aromatic N) is 1. The van der Waals surface area contributed by atoms with Crippen LogP contribution in [0, 0.1) is 5.82 Å². The van der Waals surface area contributed by atoms with Crippen molar-refractivity contribution in [3.63, 3.8) is 0 Å². The maximum atomic E-state index is 13.0. The molecule has 112 valence electrons. The molecule has 23 heavy (non-hydrogen) atoms. The second kappa shape index (κ2) is 6.79. The minimum Gasteiger partial charge on any atom is -0.267 e. The monoisotopic (exact) mass is 303 g/mol. The quantitative estimate of drug-likeness (QED) is 0.655. The summed E-state index contributed by atoms with van der Waals surface area (Å²) in [6.45, 7) is 0. The van der Waals surface area contributed by atoms with Crippen molar-refractivity contribution in [2.24, 2.45) is 4.99 Å². The summed E-state index contributed by atoms with van der Waals surface area (Å²) in [5.41, 5.74) is 2.67. The van der Waals surface area contributed by atoms with Crippen LogP contribution in [0.1, 0.15) is 21.5 Å². The molecule has 0 saturated heterocycles. The molecular weight excluding hydrogens is 289 g/mol. The van der Waals surface area contributed by atoms with Crippen molar-refractivity contribution in [1.82, 2.24) is 0 Å². The highest BCUT2D eigenvalue weighted by atomic mass is 19.1. The van der Waals surface area contributed by atoms with Crippen LogP contribution in [0.15, 0.2) is 89.9 Å². The zero-order valence-corrected chi connectivity index (χ0v) is 12.3. The molecule has 0 aliphatic carbocycles. The number of halogens is 1. The predicted molar refractivity (Wildman–Crippen MR) is 89.3 cm³/mol. The summed E-state index contributed by atoms with van der Waals surface area (Å²) in [4.78, 5) is 16.7. The zero-order chi connectivity index (χ0) is 16.1. The van der Waals surface area contributed by atoms with Gasteiger partial charge >= 0.3 is 0 Å². The molecule has 0 aliphatic rings. The lowest BCUT2D eigenvalue weighted by molar-refractivity contribution is 0.100. The predicted octanol–water partition coefficient (Wildman–Crippen LogP) is 4.50. The maximum Gasteiger partial charge on any atom is 0.277 e. The third-order valence-electron chi connectivity index (χ3n) is 3.40. The van der Waals surface area contributed by atoms with E-state index in [1.807, 2.05) is 60.7 Å². The highest BCUT2D eigenvalue weighted by molar-refractivity contribution is 6.18. The van der Waals surface area contributed by atoms with Gasteiger partial charge in [-0.1, -0.05) is 60.7 Å². The SMILES string of the molecule is O=C(N=C(c1ccccc1)c1ccccc1)c1ccc(F)cc1. The molecule has 0 heterocycles. The van der Waals surface area contributed by atoms with Crippen molar-refractivity contribution in [2.75, 3.05) is 0 Å². The molecule has 0 N–H and O–H groups in total. The average Bonchev–Trinajstić information content (AvgIpc) is 2.61. The molecule has 2 nitrogen and oxygen atoms in total. The van der Waals surface area contributed by atoms with Crippen LogP contribution in [0.2, 0.25) is 0 Å². The molecule has 0 atom stereocenters. The van der Waals surface area contributed by atoms with E-state index in [0.29, 0.717) is 11.3 Å². The van der Waals surface area contributed by atoms with Gasteiger partial charge in [0, 0.05) is 16.7 Å². The van der Waals surface area contributed by atoms with E-state index < -0.39 is 5.91 Å². The van der Waals surface area contributed by atoms with E-state index in [0.717, 1.165) is 11.1 Å². The van der Waals surface area contributed by atoms with Gasteiger partial charge in [0.15, 0.2) is 0 Å². The van der Waals surface area contributed by atoms with Crippen LogP contribution in [-0.4, -0.2) is 11.6 Å². The average molecular weight is 303 g/mol. The molecule has 0 saturated carbocycles. The van der Waals surface area contributed by atoms with Gasteiger partial charge in [-0.2, -0.15) is 0 Å². The molecule has 1 amide bonds. The summed E-state index contributed by atoms with van der Waals surface area (Å²) < 4.78 is 13.0. The molecule has 0 fully saturated rings. The van der Waals surface area contributed by atoms with Crippen LogP contribution in [-0.2, 0) is 0 Å². The Kier molecular flexibility index (Phi) is 4.39. The Labute approximate surface area is 133 Å². The highest BCUT2D eigenvalue weighted by Gasteiger charge is 2.11. The first-order valence-corrected chi connectivity index (χ1v) is 7.23. The topological polar surface area (TPSA) is 29.4 Å². The van der Waals surface area contributed by atoms with Gasteiger partial charge in [-0.15, -0.1) is 0 Å². The third kappa shape index (κ3) is 3.58. The second-order valence-corrected chi connectivity index (χ2v) is 5.00. The van der Waals surface area contributed by atoms with Gasteiger partial charge in [-0.25, -0.2) is 9.38 Å². The van der Waals surface area contributed by atoms with Crippen molar-refractivity contribution in [1.29, 1.82) is 0 Å². The minimum atomic E-state index is -0.396. The Bertz CT molecular complexity index is 783.